The van der Waals surface area contributed by atoms with Gasteiger partial charge in [0.25, 0.3) is 0 Å². The van der Waals surface area contributed by atoms with Crippen molar-refractivity contribution in [3.8, 4) is 0 Å². The van der Waals surface area contributed by atoms with Crippen LogP contribution in [-0.4, -0.2) is 34.9 Å². The normalized spacial score (nSPS) is 13.6. The van der Waals surface area contributed by atoms with Crippen LogP contribution in [0.5, 0.6) is 0 Å². The molecule has 0 aromatic carbocycles. The average molecular weight is 971 g/mol. The van der Waals surface area contributed by atoms with Crippen LogP contribution in [-0.2, 0) is 4.79 Å². The second-order valence-electron chi connectivity index (χ2n) is 20.0. The van der Waals surface area contributed by atoms with Crippen molar-refractivity contribution in [2.75, 3.05) is 6.61 Å². The van der Waals surface area contributed by atoms with Crippen LogP contribution >= 0.6 is 0 Å². The molecule has 4 nitrogen and oxygen atoms in total. The second-order valence-corrected chi connectivity index (χ2v) is 20.0. The number of carbonyl (C=O) groups excluding carboxylic acids is 1. The number of amides is 1. The van der Waals surface area contributed by atoms with Crippen molar-refractivity contribution in [2.24, 2.45) is 0 Å². The van der Waals surface area contributed by atoms with Crippen LogP contribution in [0.15, 0.2) is 109 Å². The monoisotopic (exact) mass is 970 g/mol. The Morgan fingerprint density at radius 2 is 0.629 bits per heavy atom. The molecule has 0 aliphatic rings. The highest BCUT2D eigenvalue weighted by Crippen LogP contribution is 2.17. The predicted octanol–water partition coefficient (Wildman–Crippen LogP) is 20.3. The number of unbranched alkanes of at least 4 members (excludes halogenated alkanes) is 29. The third-order valence-corrected chi connectivity index (χ3v) is 13.3. The van der Waals surface area contributed by atoms with E-state index in [0.29, 0.717) is 12.8 Å². The molecule has 2 atom stereocenters. The SMILES string of the molecule is CC/C=C\C/C=C\C/C=C\C/C=C\C/C=C\C/C=C\C/C=C\C/C=C\C/C=C\CCCCCCCC(=O)NC(CO)C(O)CCCCCCCCCCCCCCCCCCCCCCCCCCC. The lowest BCUT2D eigenvalue weighted by atomic mass is 10.0. The fraction of sp³-hybridized carbons (Fsp3) is 0.712. The first kappa shape index (κ1) is 67.0. The summed E-state index contributed by atoms with van der Waals surface area (Å²) in [6.45, 7) is 4.25. The van der Waals surface area contributed by atoms with Crippen LogP contribution in [0.4, 0.5) is 0 Å². The topological polar surface area (TPSA) is 69.6 Å². The van der Waals surface area contributed by atoms with E-state index in [1.165, 1.54) is 161 Å². The average Bonchev–Trinajstić information content (AvgIpc) is 3.36. The Morgan fingerprint density at radius 1 is 0.357 bits per heavy atom. The Morgan fingerprint density at radius 3 is 0.943 bits per heavy atom. The molecule has 70 heavy (non-hydrogen) atoms. The molecule has 0 heterocycles. The number of nitrogens with one attached hydrogen (secondary N) is 1. The molecule has 3 N–H and O–H groups in total. The van der Waals surface area contributed by atoms with Crippen molar-refractivity contribution in [3.63, 3.8) is 0 Å². The van der Waals surface area contributed by atoms with Gasteiger partial charge >= 0.3 is 0 Å². The van der Waals surface area contributed by atoms with Gasteiger partial charge in [-0.05, 0) is 83.5 Å². The van der Waals surface area contributed by atoms with E-state index >= 15 is 0 Å². The van der Waals surface area contributed by atoms with Gasteiger partial charge in [0, 0.05) is 6.42 Å². The highest BCUT2D eigenvalue weighted by atomic mass is 16.3. The van der Waals surface area contributed by atoms with Gasteiger partial charge in [-0.2, -0.15) is 0 Å². The number of hydrogen-bond acceptors (Lipinski definition) is 3. The van der Waals surface area contributed by atoms with Gasteiger partial charge in [-0.3, -0.25) is 4.79 Å². The first-order chi connectivity index (χ1) is 34.7. The molecule has 0 saturated heterocycles. The first-order valence-corrected chi connectivity index (χ1v) is 30.1. The Balaban J connectivity index is 3.59. The lowest BCUT2D eigenvalue weighted by Gasteiger charge is -2.22. The van der Waals surface area contributed by atoms with Crippen molar-refractivity contribution >= 4 is 5.91 Å². The zero-order valence-corrected chi connectivity index (χ0v) is 46.3. The van der Waals surface area contributed by atoms with Gasteiger partial charge in [0.05, 0.1) is 18.8 Å². The van der Waals surface area contributed by atoms with Gasteiger partial charge in [0.1, 0.15) is 0 Å². The smallest absolute Gasteiger partial charge is 0.220 e. The summed E-state index contributed by atoms with van der Waals surface area (Å²) in [4.78, 5) is 12.5. The third-order valence-electron chi connectivity index (χ3n) is 13.3. The largest absolute Gasteiger partial charge is 0.394 e. The Hall–Kier alpha value is -2.95. The molecule has 0 rings (SSSR count). The van der Waals surface area contributed by atoms with E-state index in [-0.39, 0.29) is 12.5 Å². The zero-order chi connectivity index (χ0) is 50.6. The summed E-state index contributed by atoms with van der Waals surface area (Å²) in [7, 11) is 0. The molecule has 0 spiro atoms. The van der Waals surface area contributed by atoms with Crippen molar-refractivity contribution in [1.29, 1.82) is 0 Å². The molecule has 0 aromatic rings. The minimum Gasteiger partial charge on any atom is -0.394 e. The van der Waals surface area contributed by atoms with E-state index in [1.807, 2.05) is 0 Å². The number of hydrogen-bond donors (Lipinski definition) is 3. The highest BCUT2D eigenvalue weighted by Gasteiger charge is 2.20. The Kier molecular flexibility index (Phi) is 57.8. The summed E-state index contributed by atoms with van der Waals surface area (Å²) in [6.07, 6.45) is 90.8. The van der Waals surface area contributed by atoms with Crippen LogP contribution in [0.3, 0.4) is 0 Å². The predicted molar refractivity (Wildman–Crippen MR) is 313 cm³/mol. The van der Waals surface area contributed by atoms with Gasteiger partial charge in [0.2, 0.25) is 5.91 Å². The maximum absolute atomic E-state index is 12.5. The molecule has 0 aliphatic heterocycles. The molecule has 0 saturated carbocycles. The summed E-state index contributed by atoms with van der Waals surface area (Å²) >= 11 is 0. The number of carbonyl (C=O) groups is 1. The number of aliphatic hydroxyl groups is 2. The molecule has 0 bridgehead atoms. The van der Waals surface area contributed by atoms with E-state index in [1.54, 1.807) is 0 Å². The number of allylic oxidation sites excluding steroid dienone is 18. The Labute approximate surface area is 436 Å². The highest BCUT2D eigenvalue weighted by molar-refractivity contribution is 5.76. The molecular weight excluding hydrogens is 855 g/mol. The molecule has 2 unspecified atom stereocenters. The molecule has 0 radical (unpaired) electrons. The number of rotatable bonds is 54. The van der Waals surface area contributed by atoms with Gasteiger partial charge < -0.3 is 15.5 Å². The molecule has 4 heteroatoms. The van der Waals surface area contributed by atoms with E-state index < -0.39 is 12.1 Å². The van der Waals surface area contributed by atoms with Crippen LogP contribution in [0.2, 0.25) is 0 Å². The van der Waals surface area contributed by atoms with Crippen molar-refractivity contribution in [2.45, 2.75) is 296 Å². The summed E-state index contributed by atoms with van der Waals surface area (Å²) in [5.74, 6) is -0.0516. The summed E-state index contributed by atoms with van der Waals surface area (Å²) < 4.78 is 0. The second kappa shape index (κ2) is 60.4. The van der Waals surface area contributed by atoms with Crippen LogP contribution in [0, 0.1) is 0 Å². The van der Waals surface area contributed by atoms with Gasteiger partial charge in [-0.1, -0.05) is 303 Å². The molecule has 0 aliphatic carbocycles. The van der Waals surface area contributed by atoms with Gasteiger partial charge in [-0.25, -0.2) is 0 Å². The quantitative estimate of drug-likeness (QED) is 0.0420. The maximum atomic E-state index is 12.5. The van der Waals surface area contributed by atoms with Crippen molar-refractivity contribution < 1.29 is 15.0 Å². The summed E-state index contributed by atoms with van der Waals surface area (Å²) in [6, 6.07) is -0.556. The van der Waals surface area contributed by atoms with E-state index in [0.717, 1.165) is 96.3 Å². The van der Waals surface area contributed by atoms with Crippen LogP contribution < -0.4 is 5.32 Å². The van der Waals surface area contributed by atoms with Crippen LogP contribution in [0.1, 0.15) is 284 Å². The Bertz CT molecular complexity index is 1330. The zero-order valence-electron chi connectivity index (χ0n) is 46.3. The number of aliphatic hydroxyl groups excluding tert-OH is 2. The van der Waals surface area contributed by atoms with E-state index in [9.17, 15) is 15.0 Å². The minimum atomic E-state index is -0.677. The van der Waals surface area contributed by atoms with E-state index in [4.69, 9.17) is 0 Å². The molecule has 0 aromatic heterocycles. The molecular formula is C66H115NO3. The van der Waals surface area contributed by atoms with E-state index in [2.05, 4.69) is 129 Å². The molecule has 1 amide bonds. The van der Waals surface area contributed by atoms with Gasteiger partial charge in [-0.15, -0.1) is 0 Å². The van der Waals surface area contributed by atoms with Crippen molar-refractivity contribution in [1.82, 2.24) is 5.32 Å². The fourth-order valence-electron chi connectivity index (χ4n) is 8.77. The lowest BCUT2D eigenvalue weighted by Crippen LogP contribution is -2.45. The third kappa shape index (κ3) is 56.0. The standard InChI is InChI=1S/C66H115NO3/c1-3-5-7-9-11-13-15-17-19-21-23-25-27-29-30-31-32-33-34-35-36-38-40-42-44-46-48-50-52-54-56-58-60-62-66(70)67-64(63-68)65(69)61-59-57-55-53-51-49-47-45-43-41-39-37-28-26-24-22-20-18-16-14-12-10-8-6-4-2/h5,7,11,13,17,19,23,25,29-30,32-33,35-36,40,42,46,48,64-65,68-69H,3-4,6,8-10,12,14-16,18,20-22,24,26-28,31,34,37-39,41,43-45,47,49-63H2,1-2H3,(H,67,70)/b7-5-,13-11-,19-17-,25-23-,30-29-,33-32-,36-35-,42-40-,48-46-. The molecule has 402 valence electrons. The van der Waals surface area contributed by atoms with Crippen molar-refractivity contribution in [3.05, 3.63) is 109 Å². The maximum Gasteiger partial charge on any atom is 0.220 e. The van der Waals surface area contributed by atoms with Crippen LogP contribution in [0.25, 0.3) is 0 Å². The lowest BCUT2D eigenvalue weighted by molar-refractivity contribution is -0.123. The minimum absolute atomic E-state index is 0.0516. The summed E-state index contributed by atoms with van der Waals surface area (Å²) in [5.41, 5.74) is 0. The molecule has 0 fully saturated rings. The fourth-order valence-corrected chi connectivity index (χ4v) is 8.77. The summed E-state index contributed by atoms with van der Waals surface area (Å²) in [5, 5.41) is 23.4. The van der Waals surface area contributed by atoms with Gasteiger partial charge in [0.15, 0.2) is 0 Å². The first-order valence-electron chi connectivity index (χ1n) is 30.1.